The minimum absolute atomic E-state index is 0. The maximum Gasteiger partial charge on any atom is 0 e. The Bertz CT molecular complexity index is 134. The second-order valence-electron chi connectivity index (χ2n) is 4.60. The largest absolute Gasteiger partial charge is 0.456 e. The first kappa shape index (κ1) is 12.5. The van der Waals surface area contributed by atoms with E-state index in [0.29, 0.717) is 5.41 Å². The van der Waals surface area contributed by atoms with E-state index in [0.717, 1.165) is 0 Å². The van der Waals surface area contributed by atoms with Crippen LogP contribution in [-0.2, 0) is 17.4 Å². The van der Waals surface area contributed by atoms with Crippen LogP contribution in [0.4, 0.5) is 0 Å². The molecular formula is C10H20CrN-. The van der Waals surface area contributed by atoms with Crippen LogP contribution in [0.1, 0.15) is 40.0 Å². The Morgan fingerprint density at radius 2 is 1.92 bits per heavy atom. The Hall–Kier alpha value is 0.492. The topological polar surface area (TPSA) is 3.24 Å². The molecule has 1 nitrogen and oxygen atoms in total. The van der Waals surface area contributed by atoms with Gasteiger partial charge in [0.15, 0.2) is 0 Å². The first-order valence-corrected chi connectivity index (χ1v) is 4.55. The molecule has 0 atom stereocenters. The summed E-state index contributed by atoms with van der Waals surface area (Å²) < 4.78 is 0. The van der Waals surface area contributed by atoms with Crippen LogP contribution < -0.4 is 0 Å². The maximum atomic E-state index is 2.40. The Labute approximate surface area is 87.7 Å². The van der Waals surface area contributed by atoms with Gasteiger partial charge in [-0.1, -0.05) is 19.3 Å². The smallest absolute Gasteiger partial charge is 0 e. The fourth-order valence-electron chi connectivity index (χ4n) is 1.90. The monoisotopic (exact) mass is 206 g/mol. The van der Waals surface area contributed by atoms with Gasteiger partial charge < -0.3 is 4.90 Å². The summed E-state index contributed by atoms with van der Waals surface area (Å²) in [5, 5.41) is 0. The molecule has 0 aromatic heterocycles. The van der Waals surface area contributed by atoms with Crippen LogP contribution in [0.5, 0.6) is 0 Å². The summed E-state index contributed by atoms with van der Waals surface area (Å²) >= 11 is 0. The molecule has 1 heterocycles. The van der Waals surface area contributed by atoms with E-state index < -0.39 is 0 Å². The summed E-state index contributed by atoms with van der Waals surface area (Å²) in [6.45, 7) is 8.24. The van der Waals surface area contributed by atoms with Gasteiger partial charge in [-0.15, -0.1) is 0 Å². The van der Waals surface area contributed by atoms with Crippen LogP contribution in [-0.4, -0.2) is 18.5 Å². The molecule has 1 aliphatic heterocycles. The van der Waals surface area contributed by atoms with E-state index in [4.69, 9.17) is 0 Å². The third-order valence-corrected chi connectivity index (χ3v) is 2.73. The standard InChI is InChI=1S/C10H20N.Cr/c1-9-8-10(2,3)6-5-7-11(9)4;/h5-8H2,1-4H3;/q-1;. The van der Waals surface area contributed by atoms with Gasteiger partial charge >= 0.3 is 0 Å². The molecular weight excluding hydrogens is 186 g/mol. The van der Waals surface area contributed by atoms with E-state index in [1.165, 1.54) is 25.8 Å². The van der Waals surface area contributed by atoms with Gasteiger partial charge in [-0.25, -0.2) is 0 Å². The molecule has 0 saturated carbocycles. The molecule has 1 fully saturated rings. The SMILES string of the molecule is C[C-]1CC(C)(C)CCCN1C.[Cr]. The zero-order valence-corrected chi connectivity index (χ0v) is 9.96. The first-order valence-electron chi connectivity index (χ1n) is 4.55. The van der Waals surface area contributed by atoms with Crippen molar-refractivity contribution < 1.29 is 17.4 Å². The predicted octanol–water partition coefficient (Wildman–Crippen LogP) is 2.68. The molecule has 0 amide bonds. The van der Waals surface area contributed by atoms with E-state index in [1.54, 1.807) is 6.04 Å². The molecule has 0 radical (unpaired) electrons. The van der Waals surface area contributed by atoms with Gasteiger partial charge in [0.05, 0.1) is 0 Å². The van der Waals surface area contributed by atoms with Gasteiger partial charge in [-0.05, 0) is 26.4 Å². The predicted molar refractivity (Wildman–Crippen MR) is 49.2 cm³/mol. The van der Waals surface area contributed by atoms with E-state index in [1.807, 2.05) is 0 Å². The van der Waals surface area contributed by atoms with E-state index in [-0.39, 0.29) is 17.4 Å². The second-order valence-corrected chi connectivity index (χ2v) is 4.60. The number of likely N-dealkylation sites (tertiary alicyclic amines) is 1. The summed E-state index contributed by atoms with van der Waals surface area (Å²) in [5.74, 6) is 0. The maximum absolute atomic E-state index is 2.40. The Balaban J connectivity index is 0.00000121. The zero-order chi connectivity index (χ0) is 8.48. The number of nitrogens with zero attached hydrogens (tertiary/aromatic N) is 1. The van der Waals surface area contributed by atoms with Crippen LogP contribution in [0.2, 0.25) is 0 Å². The number of rotatable bonds is 0. The van der Waals surface area contributed by atoms with Crippen molar-refractivity contribution in [3.8, 4) is 0 Å². The summed E-state index contributed by atoms with van der Waals surface area (Å²) in [4.78, 5) is 2.40. The van der Waals surface area contributed by atoms with Crippen molar-refractivity contribution in [3.63, 3.8) is 0 Å². The van der Waals surface area contributed by atoms with E-state index in [9.17, 15) is 0 Å². The molecule has 0 N–H and O–H groups in total. The normalized spacial score (nSPS) is 26.0. The molecule has 0 aromatic rings. The Morgan fingerprint density at radius 3 is 2.50 bits per heavy atom. The molecule has 0 aromatic carbocycles. The molecule has 0 bridgehead atoms. The Kier molecular flexibility index (Phi) is 4.84. The van der Waals surface area contributed by atoms with Gasteiger partial charge in [0.1, 0.15) is 0 Å². The average molecular weight is 206 g/mol. The number of hydrogen-bond donors (Lipinski definition) is 0. The summed E-state index contributed by atoms with van der Waals surface area (Å²) in [5.41, 5.74) is 0.537. The van der Waals surface area contributed by atoms with Crippen LogP contribution in [0.15, 0.2) is 0 Å². The molecule has 1 saturated heterocycles. The zero-order valence-electron chi connectivity index (χ0n) is 8.68. The summed E-state index contributed by atoms with van der Waals surface area (Å²) in [6, 6.07) is 1.55. The van der Waals surface area contributed by atoms with Crippen LogP contribution >= 0.6 is 0 Å². The van der Waals surface area contributed by atoms with Crippen LogP contribution in [0, 0.1) is 11.5 Å². The molecule has 0 spiro atoms. The first-order chi connectivity index (χ1) is 5.01. The second kappa shape index (κ2) is 4.65. The van der Waals surface area contributed by atoms with Crippen molar-refractivity contribution in [2.45, 2.75) is 40.0 Å². The third-order valence-electron chi connectivity index (χ3n) is 2.73. The number of hydrogen-bond acceptors (Lipinski definition) is 1. The fraction of sp³-hybridized carbons (Fsp3) is 0.900. The molecule has 2 heteroatoms. The molecule has 1 aliphatic rings. The van der Waals surface area contributed by atoms with Gasteiger partial charge in [-0.2, -0.15) is 13.3 Å². The molecule has 72 valence electrons. The summed E-state index contributed by atoms with van der Waals surface area (Å²) in [6.07, 6.45) is 3.99. The van der Waals surface area contributed by atoms with Crippen LogP contribution in [0.3, 0.4) is 0 Å². The minimum atomic E-state index is 0. The van der Waals surface area contributed by atoms with Gasteiger partial charge in [0.2, 0.25) is 0 Å². The van der Waals surface area contributed by atoms with Crippen molar-refractivity contribution in [2.75, 3.05) is 13.6 Å². The summed E-state index contributed by atoms with van der Waals surface area (Å²) in [7, 11) is 2.21. The molecule has 0 aliphatic carbocycles. The Morgan fingerprint density at radius 1 is 1.33 bits per heavy atom. The van der Waals surface area contributed by atoms with Crippen molar-refractivity contribution in [1.29, 1.82) is 0 Å². The molecule has 1 rings (SSSR count). The van der Waals surface area contributed by atoms with Crippen LogP contribution in [0.25, 0.3) is 0 Å². The minimum Gasteiger partial charge on any atom is -0.456 e. The fourth-order valence-corrected chi connectivity index (χ4v) is 1.90. The van der Waals surface area contributed by atoms with Crippen molar-refractivity contribution >= 4 is 0 Å². The van der Waals surface area contributed by atoms with Crippen molar-refractivity contribution in [3.05, 3.63) is 6.04 Å². The quantitative estimate of drug-likeness (QED) is 0.551. The van der Waals surface area contributed by atoms with Gasteiger partial charge in [-0.3, -0.25) is 6.04 Å². The van der Waals surface area contributed by atoms with E-state index >= 15 is 0 Å². The molecule has 0 unspecified atom stereocenters. The molecule has 12 heavy (non-hydrogen) atoms. The van der Waals surface area contributed by atoms with Gasteiger partial charge in [0, 0.05) is 17.4 Å². The third kappa shape index (κ3) is 3.48. The van der Waals surface area contributed by atoms with E-state index in [2.05, 4.69) is 32.7 Å². The van der Waals surface area contributed by atoms with Crippen molar-refractivity contribution in [1.82, 2.24) is 4.90 Å². The average Bonchev–Trinajstić information content (AvgIpc) is 1.93. The van der Waals surface area contributed by atoms with Gasteiger partial charge in [0.25, 0.3) is 0 Å². The van der Waals surface area contributed by atoms with Crippen molar-refractivity contribution in [2.24, 2.45) is 5.41 Å².